The van der Waals surface area contributed by atoms with Gasteiger partial charge in [0.25, 0.3) is 5.56 Å². The molecular formula is C14H15BrN2O. The summed E-state index contributed by atoms with van der Waals surface area (Å²) >= 11 is 3.22. The maximum Gasteiger partial charge on any atom is 0.265 e. The Balaban J connectivity index is 2.31. The molecule has 1 heterocycles. The average molecular weight is 307 g/mol. The van der Waals surface area contributed by atoms with Gasteiger partial charge in [0.1, 0.15) is 0 Å². The van der Waals surface area contributed by atoms with E-state index in [0.29, 0.717) is 16.7 Å². The van der Waals surface area contributed by atoms with Crippen molar-refractivity contribution in [2.24, 2.45) is 0 Å². The quantitative estimate of drug-likeness (QED) is 0.948. The van der Waals surface area contributed by atoms with Gasteiger partial charge in [-0.3, -0.25) is 4.79 Å². The van der Waals surface area contributed by atoms with Gasteiger partial charge in [-0.1, -0.05) is 31.2 Å². The number of nitrogens with zero attached hydrogens (tertiary/aromatic N) is 1. The monoisotopic (exact) mass is 306 g/mol. The second kappa shape index (κ2) is 5.40. The lowest BCUT2D eigenvalue weighted by Gasteiger charge is -2.08. The number of rotatable bonds is 3. The molecular weight excluding hydrogens is 292 g/mol. The molecule has 1 aromatic carbocycles. The number of halogens is 1. The summed E-state index contributed by atoms with van der Waals surface area (Å²) < 4.78 is 2.10. The summed E-state index contributed by atoms with van der Waals surface area (Å²) in [5, 5.41) is 0. The zero-order valence-corrected chi connectivity index (χ0v) is 11.8. The maximum absolute atomic E-state index is 11.9. The van der Waals surface area contributed by atoms with Crippen molar-refractivity contribution in [2.45, 2.75) is 19.9 Å². The molecule has 94 valence electrons. The summed E-state index contributed by atoms with van der Waals surface area (Å²) in [7, 11) is 0. The first-order chi connectivity index (χ1) is 8.60. The van der Waals surface area contributed by atoms with E-state index in [0.717, 1.165) is 12.0 Å². The van der Waals surface area contributed by atoms with E-state index in [2.05, 4.69) is 35.0 Å². The number of hydrogen-bond donors (Lipinski definition) is 1. The molecule has 0 aliphatic rings. The minimum absolute atomic E-state index is 0.0660. The third-order valence-corrected chi connectivity index (χ3v) is 3.42. The summed E-state index contributed by atoms with van der Waals surface area (Å²) in [5.41, 5.74) is 8.63. The highest BCUT2D eigenvalue weighted by Gasteiger charge is 2.03. The zero-order valence-electron chi connectivity index (χ0n) is 10.2. The molecule has 18 heavy (non-hydrogen) atoms. The second-order valence-corrected chi connectivity index (χ2v) is 5.08. The molecule has 2 N–H and O–H groups in total. The predicted molar refractivity (Wildman–Crippen MR) is 77.7 cm³/mol. The highest BCUT2D eigenvalue weighted by atomic mass is 79.9. The van der Waals surface area contributed by atoms with E-state index in [4.69, 9.17) is 5.73 Å². The second-order valence-electron chi connectivity index (χ2n) is 4.22. The van der Waals surface area contributed by atoms with Crippen molar-refractivity contribution in [2.75, 3.05) is 5.73 Å². The Morgan fingerprint density at radius 3 is 2.44 bits per heavy atom. The van der Waals surface area contributed by atoms with Gasteiger partial charge in [-0.05, 0) is 39.5 Å². The highest BCUT2D eigenvalue weighted by Crippen LogP contribution is 2.11. The molecule has 0 amide bonds. The lowest BCUT2D eigenvalue weighted by atomic mass is 10.1. The molecule has 0 atom stereocenters. The molecule has 1 aromatic heterocycles. The van der Waals surface area contributed by atoms with E-state index in [1.165, 1.54) is 5.56 Å². The van der Waals surface area contributed by atoms with E-state index in [-0.39, 0.29) is 5.56 Å². The fourth-order valence-electron chi connectivity index (χ4n) is 1.82. The fraction of sp³-hybridized carbons (Fsp3) is 0.214. The molecule has 0 fully saturated rings. The number of anilines is 1. The van der Waals surface area contributed by atoms with Crippen LogP contribution >= 0.6 is 15.9 Å². The molecule has 0 aliphatic heterocycles. The van der Waals surface area contributed by atoms with Crippen LogP contribution in [0.3, 0.4) is 0 Å². The van der Waals surface area contributed by atoms with Crippen LogP contribution in [-0.4, -0.2) is 4.57 Å². The molecule has 0 saturated heterocycles. The third-order valence-electron chi connectivity index (χ3n) is 2.85. The summed E-state index contributed by atoms with van der Waals surface area (Å²) in [6.45, 7) is 2.65. The van der Waals surface area contributed by atoms with Gasteiger partial charge in [0.15, 0.2) is 0 Å². The summed E-state index contributed by atoms with van der Waals surface area (Å²) in [6.07, 6.45) is 2.69. The summed E-state index contributed by atoms with van der Waals surface area (Å²) in [5.74, 6) is 0. The maximum atomic E-state index is 11.9. The number of pyridine rings is 1. The first kappa shape index (κ1) is 12.9. The van der Waals surface area contributed by atoms with E-state index in [1.54, 1.807) is 16.8 Å². The van der Waals surface area contributed by atoms with E-state index >= 15 is 0 Å². The topological polar surface area (TPSA) is 48.0 Å². The normalized spacial score (nSPS) is 10.6. The van der Waals surface area contributed by atoms with Crippen molar-refractivity contribution in [3.8, 4) is 0 Å². The van der Waals surface area contributed by atoms with Crippen molar-refractivity contribution in [3.05, 3.63) is 62.5 Å². The summed E-state index contributed by atoms with van der Waals surface area (Å²) in [6, 6.07) is 9.88. The van der Waals surface area contributed by atoms with Crippen molar-refractivity contribution in [1.29, 1.82) is 0 Å². The largest absolute Gasteiger partial charge is 0.398 e. The SMILES string of the molecule is CCc1ccc(Cn2cc(N)cc(Br)c2=O)cc1. The molecule has 0 radical (unpaired) electrons. The number of nitrogens with two attached hydrogens (primary N) is 1. The van der Waals surface area contributed by atoms with Crippen LogP contribution in [0.15, 0.2) is 45.8 Å². The Hall–Kier alpha value is -1.55. The van der Waals surface area contributed by atoms with E-state index < -0.39 is 0 Å². The zero-order chi connectivity index (χ0) is 13.1. The molecule has 4 heteroatoms. The molecule has 2 aromatic rings. The Kier molecular flexibility index (Phi) is 3.87. The molecule has 3 nitrogen and oxygen atoms in total. The highest BCUT2D eigenvalue weighted by molar-refractivity contribution is 9.10. The molecule has 0 spiro atoms. The van der Waals surface area contributed by atoms with Gasteiger partial charge in [-0.15, -0.1) is 0 Å². The minimum Gasteiger partial charge on any atom is -0.398 e. The number of benzene rings is 1. The van der Waals surface area contributed by atoms with Gasteiger partial charge >= 0.3 is 0 Å². The van der Waals surface area contributed by atoms with Crippen LogP contribution in [0.4, 0.5) is 5.69 Å². The minimum atomic E-state index is -0.0660. The van der Waals surface area contributed by atoms with Gasteiger partial charge in [0.05, 0.1) is 11.0 Å². The van der Waals surface area contributed by atoms with Crippen LogP contribution in [-0.2, 0) is 13.0 Å². The van der Waals surface area contributed by atoms with Crippen molar-refractivity contribution in [3.63, 3.8) is 0 Å². The average Bonchev–Trinajstić information content (AvgIpc) is 2.36. The number of hydrogen-bond acceptors (Lipinski definition) is 2. The molecule has 0 saturated carbocycles. The van der Waals surface area contributed by atoms with E-state index in [9.17, 15) is 4.79 Å². The van der Waals surface area contributed by atoms with Crippen molar-refractivity contribution in [1.82, 2.24) is 4.57 Å². The van der Waals surface area contributed by atoms with Crippen LogP contribution in [0.5, 0.6) is 0 Å². The van der Waals surface area contributed by atoms with Gasteiger partial charge in [0, 0.05) is 11.9 Å². The first-order valence-electron chi connectivity index (χ1n) is 5.83. The van der Waals surface area contributed by atoms with E-state index in [1.807, 2.05) is 12.1 Å². The van der Waals surface area contributed by atoms with Crippen LogP contribution in [0.25, 0.3) is 0 Å². The van der Waals surface area contributed by atoms with Crippen molar-refractivity contribution < 1.29 is 0 Å². The van der Waals surface area contributed by atoms with Crippen LogP contribution in [0, 0.1) is 0 Å². The molecule has 0 bridgehead atoms. The van der Waals surface area contributed by atoms with Crippen LogP contribution < -0.4 is 11.3 Å². The standard InChI is InChI=1S/C14H15BrN2O/c1-2-10-3-5-11(6-4-10)8-17-9-12(16)7-13(15)14(17)18/h3-7,9H,2,8,16H2,1H3. The molecule has 0 aliphatic carbocycles. The van der Waals surface area contributed by atoms with Crippen LogP contribution in [0.1, 0.15) is 18.1 Å². The Labute approximate surface area is 114 Å². The van der Waals surface area contributed by atoms with Gasteiger partial charge in [0.2, 0.25) is 0 Å². The lowest BCUT2D eigenvalue weighted by Crippen LogP contribution is -2.21. The van der Waals surface area contributed by atoms with Crippen molar-refractivity contribution >= 4 is 21.6 Å². The van der Waals surface area contributed by atoms with Crippen LogP contribution in [0.2, 0.25) is 0 Å². The number of aryl methyl sites for hydroxylation is 1. The van der Waals surface area contributed by atoms with Gasteiger partial charge in [-0.2, -0.15) is 0 Å². The Morgan fingerprint density at radius 2 is 1.83 bits per heavy atom. The number of nitrogen functional groups attached to an aromatic ring is 1. The Morgan fingerprint density at radius 1 is 1.22 bits per heavy atom. The van der Waals surface area contributed by atoms with Gasteiger partial charge in [-0.25, -0.2) is 0 Å². The Bertz CT molecular complexity index is 602. The summed E-state index contributed by atoms with van der Waals surface area (Å²) in [4.78, 5) is 11.9. The fourth-order valence-corrected chi connectivity index (χ4v) is 2.31. The van der Waals surface area contributed by atoms with Gasteiger partial charge < -0.3 is 10.3 Å². The third kappa shape index (κ3) is 2.82. The lowest BCUT2D eigenvalue weighted by molar-refractivity contribution is 0.756. The molecule has 0 unspecified atom stereocenters. The first-order valence-corrected chi connectivity index (χ1v) is 6.62. The molecule has 2 rings (SSSR count). The number of aromatic nitrogens is 1. The predicted octanol–water partition coefficient (Wildman–Crippen LogP) is 2.80. The smallest absolute Gasteiger partial charge is 0.265 e.